The lowest BCUT2D eigenvalue weighted by molar-refractivity contribution is -0.146. The number of Topliss-reactive ketones (excluding diaryl/α,β-unsaturated/α-hetero) is 7. The van der Waals surface area contributed by atoms with E-state index in [-0.39, 0.29) is 49.8 Å². The third kappa shape index (κ3) is 43.9. The van der Waals surface area contributed by atoms with E-state index in [1.54, 1.807) is 62.3 Å². The molecular formula is C89H147N17O23. The first-order chi connectivity index (χ1) is 60.7. The van der Waals surface area contributed by atoms with Gasteiger partial charge in [-0.3, -0.25) is 114 Å². The van der Waals surface area contributed by atoms with Crippen LogP contribution in [-0.4, -0.2) is 279 Å². The van der Waals surface area contributed by atoms with E-state index in [0.717, 1.165) is 4.90 Å². The zero-order valence-corrected chi connectivity index (χ0v) is 78.6. The van der Waals surface area contributed by atoms with Gasteiger partial charge in [0.2, 0.25) is 35.4 Å². The number of nitrogens with zero attached hydrogens (tertiary/aromatic N) is 1. The topological polar surface area (TPSA) is 588 Å². The lowest BCUT2D eigenvalue weighted by atomic mass is 9.96. The molecule has 0 aromatic carbocycles. The van der Waals surface area contributed by atoms with E-state index in [9.17, 15) is 101 Å². The molecule has 129 heavy (non-hydrogen) atoms. The summed E-state index contributed by atoms with van der Waals surface area (Å²) in [6, 6.07) is -14.7. The number of hydrogen-bond acceptors (Lipinski definition) is 32. The molecule has 0 unspecified atom stereocenters. The van der Waals surface area contributed by atoms with Gasteiger partial charge in [0.25, 0.3) is 11.8 Å². The van der Waals surface area contributed by atoms with Crippen LogP contribution in [0.15, 0.2) is 25.3 Å². The lowest BCUT2D eigenvalue weighted by Crippen LogP contribution is -2.66. The van der Waals surface area contributed by atoms with Crippen LogP contribution in [0.5, 0.6) is 0 Å². The maximum Gasteiger partial charge on any atom is 0.262 e. The zero-order valence-electron chi connectivity index (χ0n) is 78.6. The second-order valence-electron chi connectivity index (χ2n) is 34.1. The van der Waals surface area contributed by atoms with Crippen LogP contribution in [0.3, 0.4) is 0 Å². The van der Waals surface area contributed by atoms with Crippen molar-refractivity contribution < 1.29 is 110 Å². The Kier molecular flexibility index (Phi) is 58.9. The zero-order chi connectivity index (χ0) is 98.7. The first-order valence-electron chi connectivity index (χ1n) is 44.4. The molecule has 0 aliphatic rings. The summed E-state index contributed by atoms with van der Waals surface area (Å²) in [7, 11) is 1.41. The molecule has 726 valence electrons. The molecule has 0 aromatic rings. The highest BCUT2D eigenvalue weighted by Gasteiger charge is 2.41. The summed E-state index contributed by atoms with van der Waals surface area (Å²) in [4.78, 5) is 310. The van der Waals surface area contributed by atoms with Crippen LogP contribution >= 0.6 is 0 Å². The standard InChI is InChI=1S/C89H147N17O23/c1-22-27-28-64(115)35-54(13)84(124)105-80(101-67(45-111)50(8)9)89(129)106(31-23-2)81(92-30-33-108)88(128)97-60(19)72(117)37-56(15)85(125)103-78(99-63(44-110)34-49(6)7)76(121)41-65(94-58(17)43-109)87(127)104-79(102-70(48-114)53(12)26-5)75(120)39-62(98-68(46-112)51(10)24-3)42-93-77(91-29-32-107)74(119)38-57(16)83(123)95-61(20)73(118)40-66(100-69(47-113)52(11)25-4)86(126)96-59(18)71(116)36-55(14)82(122)90-21/h22-23,32-33,43-63,65-70,77-81,91-94,98-102H,1-2,24-31,34-42H2,3-21H3,(H,90,122)(H,95,123)(H,96,126)(H,97,128)(H,103,125)(H,104,127)(H,105,124)/t51-,52-,53-,54+,55+,56+,57+,58-,59-,60-,61-,62+,63-,65+,66+,67+,68+,69+,70+,77+,78+,79+,80+,81+/m0/s1. The van der Waals surface area contributed by atoms with Crippen molar-refractivity contribution in [2.75, 3.05) is 33.2 Å². The molecule has 0 saturated carbocycles. The van der Waals surface area contributed by atoms with E-state index in [1.807, 2.05) is 6.92 Å². The minimum absolute atomic E-state index is 0.0851. The van der Waals surface area contributed by atoms with Crippen molar-refractivity contribution in [2.24, 2.45) is 53.3 Å². The summed E-state index contributed by atoms with van der Waals surface area (Å²) in [6.45, 7) is 33.8. The fourth-order valence-corrected chi connectivity index (χ4v) is 13.2. The predicted molar refractivity (Wildman–Crippen MR) is 479 cm³/mol. The summed E-state index contributed by atoms with van der Waals surface area (Å²) < 4.78 is 0. The summed E-state index contributed by atoms with van der Waals surface area (Å²) in [5.74, 6) is -18.0. The van der Waals surface area contributed by atoms with E-state index in [2.05, 4.69) is 98.2 Å². The highest BCUT2D eigenvalue weighted by atomic mass is 16.2. The van der Waals surface area contributed by atoms with Crippen molar-refractivity contribution in [3.8, 4) is 0 Å². The van der Waals surface area contributed by atoms with Gasteiger partial charge in [-0.2, -0.15) is 0 Å². The number of carbonyl (C=O) groups excluding carboxylic acids is 23. The van der Waals surface area contributed by atoms with Crippen LogP contribution in [-0.2, 0) is 110 Å². The molecule has 40 heteroatoms. The Labute approximate surface area is 758 Å². The van der Waals surface area contributed by atoms with Crippen LogP contribution in [0, 0.1) is 53.3 Å². The molecule has 0 aromatic heterocycles. The van der Waals surface area contributed by atoms with Crippen LogP contribution in [0.2, 0.25) is 0 Å². The van der Waals surface area contributed by atoms with Gasteiger partial charge in [-0.15, -0.1) is 13.2 Å². The maximum absolute atomic E-state index is 15.2. The van der Waals surface area contributed by atoms with Gasteiger partial charge in [0, 0.05) is 101 Å². The van der Waals surface area contributed by atoms with E-state index < -0.39 is 278 Å². The second-order valence-corrected chi connectivity index (χ2v) is 34.1. The van der Waals surface area contributed by atoms with Crippen molar-refractivity contribution in [2.45, 2.75) is 311 Å². The number of rotatable bonds is 76. The van der Waals surface area contributed by atoms with E-state index in [1.165, 1.54) is 74.6 Å². The molecule has 0 radical (unpaired) electrons. The van der Waals surface area contributed by atoms with Crippen LogP contribution in [0.25, 0.3) is 0 Å². The number of nitrogens with one attached hydrogen (secondary N) is 16. The molecule has 16 N–H and O–H groups in total. The Morgan fingerprint density at radius 3 is 1.24 bits per heavy atom. The fraction of sp³-hybridized carbons (Fsp3) is 0.697. The van der Waals surface area contributed by atoms with Gasteiger partial charge in [0.15, 0.2) is 47.0 Å². The molecule has 0 heterocycles. The smallest absolute Gasteiger partial charge is 0.262 e. The van der Waals surface area contributed by atoms with Gasteiger partial charge < -0.3 is 85.8 Å². The van der Waals surface area contributed by atoms with E-state index in [4.69, 9.17) is 0 Å². The Morgan fingerprint density at radius 1 is 0.364 bits per heavy atom. The number of hydrogen-bond donors (Lipinski definition) is 16. The Bertz CT molecular complexity index is 3750. The largest absolute Gasteiger partial charge is 0.359 e. The molecule has 0 spiro atoms. The third-order valence-corrected chi connectivity index (χ3v) is 22.3. The second kappa shape index (κ2) is 63.8. The van der Waals surface area contributed by atoms with Gasteiger partial charge >= 0.3 is 0 Å². The van der Waals surface area contributed by atoms with Crippen molar-refractivity contribution in [3.63, 3.8) is 0 Å². The summed E-state index contributed by atoms with van der Waals surface area (Å²) in [6.07, 6.45) is -4.05. The van der Waals surface area contributed by atoms with Crippen LogP contribution in [0.1, 0.15) is 208 Å². The SMILES string of the molecule is C=CCCC(=O)C[C@@H](C)C(=O)N[C@@H](N[C@H](C=O)C(C)C)C(=O)N(CC=C)[C@@H](NCC=O)C(=O)N[C@@H](C)C(=O)C[C@@H](C)C(=O)N[C@@H](N[C@H](C=O)CC(C)C)C(=O)C[C@@H](N[C@@H](C)C=O)C(=O)N[C@@H](N[C@H](C=O)[C@@H](C)CC)C(=O)C[C@H](CN[C@@H](NCC=O)C(=O)C[C@@H](C)C(=O)N[C@@H](C)C(=O)C[C@@H](N[C@H](C=O)[C@@H](C)CC)C(=O)N[C@@H](C)C(=O)C[C@@H](C)C(=O)NC)N[C@H](C=O)[C@@H](C)CC. The molecule has 0 bridgehead atoms. The van der Waals surface area contributed by atoms with Gasteiger partial charge in [-0.25, -0.2) is 0 Å². The average molecular weight is 1820 g/mol. The maximum atomic E-state index is 15.2. The number of amides is 8. The number of aldehydes is 8. The predicted octanol–water partition coefficient (Wildman–Crippen LogP) is -1.46. The first kappa shape index (κ1) is 119. The van der Waals surface area contributed by atoms with Gasteiger partial charge in [0.05, 0.1) is 79.5 Å². The molecule has 0 rings (SSSR count). The van der Waals surface area contributed by atoms with E-state index in [0.29, 0.717) is 76.0 Å². The van der Waals surface area contributed by atoms with E-state index >= 15 is 9.59 Å². The van der Waals surface area contributed by atoms with Crippen LogP contribution < -0.4 is 85.1 Å². The van der Waals surface area contributed by atoms with Crippen LogP contribution in [0.4, 0.5) is 0 Å². The molecule has 24 atom stereocenters. The molecule has 40 nitrogen and oxygen atoms in total. The monoisotopic (exact) mass is 1820 g/mol. The molecule has 0 fully saturated rings. The highest BCUT2D eigenvalue weighted by Crippen LogP contribution is 2.19. The highest BCUT2D eigenvalue weighted by molar-refractivity contribution is 6.01. The Balaban J connectivity index is 7.57. The van der Waals surface area contributed by atoms with Gasteiger partial charge in [-0.05, 0) is 70.1 Å². The molecule has 0 aliphatic heterocycles. The van der Waals surface area contributed by atoms with Gasteiger partial charge in [-0.1, -0.05) is 128 Å². The molecular weight excluding hydrogens is 1680 g/mol. The average Bonchev–Trinajstić information content (AvgIpc) is 0.811. The van der Waals surface area contributed by atoms with Crippen molar-refractivity contribution in [1.29, 1.82) is 0 Å². The molecule has 0 saturated heterocycles. The number of carbonyl (C=O) groups is 23. The third-order valence-electron chi connectivity index (χ3n) is 22.3. The summed E-state index contributed by atoms with van der Waals surface area (Å²) in [5.41, 5.74) is 0. The summed E-state index contributed by atoms with van der Waals surface area (Å²) >= 11 is 0. The van der Waals surface area contributed by atoms with Gasteiger partial charge in [0.1, 0.15) is 74.6 Å². The minimum Gasteiger partial charge on any atom is -0.359 e. The lowest BCUT2D eigenvalue weighted by Gasteiger charge is -2.35. The Morgan fingerprint density at radius 2 is 0.767 bits per heavy atom. The molecule has 0 aliphatic carbocycles. The molecule has 8 amide bonds. The van der Waals surface area contributed by atoms with Crippen molar-refractivity contribution in [1.82, 2.24) is 90.0 Å². The fourth-order valence-electron chi connectivity index (χ4n) is 13.2. The Hall–Kier alpha value is -10.1. The summed E-state index contributed by atoms with van der Waals surface area (Å²) in [5, 5.41) is 43.3. The number of ketones is 7. The van der Waals surface area contributed by atoms with Crippen molar-refractivity contribution in [3.05, 3.63) is 25.3 Å². The quantitative estimate of drug-likeness (QED) is 0.0188. The minimum atomic E-state index is -1.85. The van der Waals surface area contributed by atoms with Crippen molar-refractivity contribution >= 4 is 138 Å². The number of allylic oxidation sites excluding steroid dienone is 1. The first-order valence-corrected chi connectivity index (χ1v) is 44.4. The normalized spacial score (nSPS) is 17.0.